The van der Waals surface area contributed by atoms with Crippen molar-refractivity contribution in [2.75, 3.05) is 11.5 Å². The largest absolute Gasteiger partial charge is 0.456 e. The summed E-state index contributed by atoms with van der Waals surface area (Å²) < 4.78 is 13.5. The zero-order valence-corrected chi connectivity index (χ0v) is 30.8. The molecule has 0 saturated heterocycles. The number of nitrogen functional groups attached to an aromatic ring is 2. The first-order chi connectivity index (χ1) is 26.9. The lowest BCUT2D eigenvalue weighted by molar-refractivity contribution is 0.480. The van der Waals surface area contributed by atoms with Gasteiger partial charge in [0, 0.05) is 33.6 Å². The van der Waals surface area contributed by atoms with E-state index in [1.54, 1.807) is 0 Å². The van der Waals surface area contributed by atoms with Crippen molar-refractivity contribution in [3.05, 3.63) is 215 Å². The van der Waals surface area contributed by atoms with Crippen molar-refractivity contribution >= 4 is 11.4 Å². The molecule has 0 fully saturated rings. The molecule has 0 atom stereocenters. The van der Waals surface area contributed by atoms with Gasteiger partial charge in [-0.25, -0.2) is 0 Å². The monoisotopic (exact) mass is 712 g/mol. The lowest BCUT2D eigenvalue weighted by Crippen LogP contribution is -2.28. The zero-order valence-electron chi connectivity index (χ0n) is 30.8. The van der Waals surface area contributed by atoms with Crippen molar-refractivity contribution in [2.45, 2.75) is 19.3 Å². The third kappa shape index (κ3) is 5.71. The zero-order chi connectivity index (χ0) is 37.5. The Bertz CT molecular complexity index is 2510. The van der Waals surface area contributed by atoms with Gasteiger partial charge >= 0.3 is 0 Å². The van der Waals surface area contributed by atoms with Gasteiger partial charge < -0.3 is 20.9 Å². The van der Waals surface area contributed by atoms with E-state index in [-0.39, 0.29) is 0 Å². The Morgan fingerprint density at radius 1 is 0.364 bits per heavy atom. The SMILES string of the molecule is Cc1c(N)cccc1Oc1ccc(C2(c3ccc(Oc4cccc(N)c4C)c(-c4ccccc4)c3)c3ccccc3-c3ccccc32)cc1-c1ccccc1. The van der Waals surface area contributed by atoms with E-state index in [4.69, 9.17) is 20.9 Å². The first-order valence-corrected chi connectivity index (χ1v) is 18.6. The minimum Gasteiger partial charge on any atom is -0.456 e. The van der Waals surface area contributed by atoms with Gasteiger partial charge in [0.25, 0.3) is 0 Å². The second kappa shape index (κ2) is 13.7. The third-order valence-corrected chi connectivity index (χ3v) is 11.0. The number of ether oxygens (including phenoxy) is 2. The van der Waals surface area contributed by atoms with Crippen molar-refractivity contribution < 1.29 is 9.47 Å². The number of rotatable bonds is 8. The summed E-state index contributed by atoms with van der Waals surface area (Å²) in [6.45, 7) is 3.99. The highest BCUT2D eigenvalue weighted by Gasteiger charge is 2.46. The van der Waals surface area contributed by atoms with Gasteiger partial charge in [0.15, 0.2) is 0 Å². The molecule has 0 bridgehead atoms. The van der Waals surface area contributed by atoms with Gasteiger partial charge in [0.05, 0.1) is 5.41 Å². The standard InChI is InChI=1S/C51H40N2O2/c1-33-45(52)23-13-25-47(33)54-49-29-27-37(31-41(49)35-15-5-3-6-16-35)51(43-21-11-9-19-39(43)40-20-10-12-22-44(40)51)38-28-30-50(42(32-38)36-17-7-4-8-18-36)55-48-26-14-24-46(53)34(48)2/h3-32H,52-53H2,1-2H3. The average molecular weight is 713 g/mol. The molecule has 0 radical (unpaired) electrons. The summed E-state index contributed by atoms with van der Waals surface area (Å²) in [5.41, 5.74) is 26.4. The quantitative estimate of drug-likeness (QED) is 0.154. The highest BCUT2D eigenvalue weighted by molar-refractivity contribution is 5.88. The first kappa shape index (κ1) is 33.8. The molecule has 4 heteroatoms. The van der Waals surface area contributed by atoms with Gasteiger partial charge in [-0.15, -0.1) is 0 Å². The summed E-state index contributed by atoms with van der Waals surface area (Å²) in [7, 11) is 0. The van der Waals surface area contributed by atoms with Crippen LogP contribution in [0.3, 0.4) is 0 Å². The molecule has 1 aliphatic carbocycles. The van der Waals surface area contributed by atoms with Crippen LogP contribution in [0, 0.1) is 13.8 Å². The van der Waals surface area contributed by atoms with Crippen molar-refractivity contribution in [3.8, 4) is 56.4 Å². The van der Waals surface area contributed by atoms with Gasteiger partial charge in [0.1, 0.15) is 23.0 Å². The van der Waals surface area contributed by atoms with Crippen LogP contribution in [0.1, 0.15) is 33.4 Å². The van der Waals surface area contributed by atoms with Crippen LogP contribution in [0.4, 0.5) is 11.4 Å². The number of benzene rings is 8. The topological polar surface area (TPSA) is 70.5 Å². The molecule has 0 aliphatic heterocycles. The molecule has 4 N–H and O–H groups in total. The minimum atomic E-state index is -0.683. The molecular weight excluding hydrogens is 673 g/mol. The molecular formula is C51H40N2O2. The molecule has 0 heterocycles. The first-order valence-electron chi connectivity index (χ1n) is 18.6. The molecule has 55 heavy (non-hydrogen) atoms. The molecule has 4 nitrogen and oxygen atoms in total. The maximum atomic E-state index is 6.73. The molecule has 1 aliphatic rings. The Morgan fingerprint density at radius 3 is 1.20 bits per heavy atom. The van der Waals surface area contributed by atoms with E-state index in [0.717, 1.165) is 67.5 Å². The van der Waals surface area contributed by atoms with Gasteiger partial charge in [-0.3, -0.25) is 0 Å². The van der Waals surface area contributed by atoms with Gasteiger partial charge in [-0.1, -0.05) is 133 Å². The Morgan fingerprint density at radius 2 is 0.764 bits per heavy atom. The molecule has 0 spiro atoms. The fraction of sp³-hybridized carbons (Fsp3) is 0.0588. The van der Waals surface area contributed by atoms with E-state index in [1.807, 2.05) is 62.4 Å². The lowest BCUT2D eigenvalue weighted by Gasteiger charge is -2.35. The fourth-order valence-electron chi connectivity index (χ4n) is 8.14. The van der Waals surface area contributed by atoms with E-state index < -0.39 is 5.41 Å². The Balaban J connectivity index is 1.32. The second-order valence-corrected chi connectivity index (χ2v) is 14.1. The van der Waals surface area contributed by atoms with Crippen molar-refractivity contribution in [1.29, 1.82) is 0 Å². The summed E-state index contributed by atoms with van der Waals surface area (Å²) in [6.07, 6.45) is 0. The van der Waals surface area contributed by atoms with Crippen molar-refractivity contribution in [3.63, 3.8) is 0 Å². The van der Waals surface area contributed by atoms with Gasteiger partial charge in [0.2, 0.25) is 0 Å². The maximum Gasteiger partial charge on any atom is 0.135 e. The maximum absolute atomic E-state index is 6.73. The van der Waals surface area contributed by atoms with Crippen LogP contribution in [0.2, 0.25) is 0 Å². The predicted octanol–water partition coefficient (Wildman–Crippen LogP) is 12.7. The Hall–Kier alpha value is -7.04. The molecule has 0 aromatic heterocycles. The number of anilines is 2. The Labute approximate surface area is 322 Å². The number of fused-ring (bicyclic) bond motifs is 3. The second-order valence-electron chi connectivity index (χ2n) is 14.1. The van der Waals surface area contributed by atoms with E-state index in [0.29, 0.717) is 11.4 Å². The average Bonchev–Trinajstić information content (AvgIpc) is 3.53. The molecule has 0 saturated carbocycles. The van der Waals surface area contributed by atoms with Crippen LogP contribution in [-0.4, -0.2) is 0 Å². The molecule has 8 aromatic carbocycles. The predicted molar refractivity (Wildman–Crippen MR) is 226 cm³/mol. The molecule has 0 amide bonds. The van der Waals surface area contributed by atoms with Gasteiger partial charge in [-0.2, -0.15) is 0 Å². The Kier molecular flexibility index (Phi) is 8.44. The number of nitrogens with two attached hydrogens (primary N) is 2. The number of hydrogen-bond donors (Lipinski definition) is 2. The van der Waals surface area contributed by atoms with Crippen LogP contribution in [0.5, 0.6) is 23.0 Å². The van der Waals surface area contributed by atoms with E-state index in [2.05, 4.69) is 133 Å². The summed E-state index contributed by atoms with van der Waals surface area (Å²) >= 11 is 0. The van der Waals surface area contributed by atoms with E-state index in [1.165, 1.54) is 22.3 Å². The van der Waals surface area contributed by atoms with E-state index in [9.17, 15) is 0 Å². The minimum absolute atomic E-state index is 0.683. The summed E-state index contributed by atoms with van der Waals surface area (Å²) in [6, 6.07) is 63.4. The molecule has 8 aromatic rings. The highest BCUT2D eigenvalue weighted by Crippen LogP contribution is 2.58. The normalized spacial score (nSPS) is 12.5. The molecule has 266 valence electrons. The lowest BCUT2D eigenvalue weighted by atomic mass is 9.67. The smallest absolute Gasteiger partial charge is 0.135 e. The van der Waals surface area contributed by atoms with Crippen LogP contribution >= 0.6 is 0 Å². The van der Waals surface area contributed by atoms with Crippen LogP contribution in [0.15, 0.2) is 182 Å². The third-order valence-electron chi connectivity index (χ3n) is 11.0. The van der Waals surface area contributed by atoms with Crippen molar-refractivity contribution in [2.24, 2.45) is 0 Å². The summed E-state index contributed by atoms with van der Waals surface area (Å²) in [4.78, 5) is 0. The summed E-state index contributed by atoms with van der Waals surface area (Å²) in [5.74, 6) is 2.97. The van der Waals surface area contributed by atoms with Crippen LogP contribution < -0.4 is 20.9 Å². The molecule has 0 unspecified atom stereocenters. The van der Waals surface area contributed by atoms with Crippen molar-refractivity contribution in [1.82, 2.24) is 0 Å². The fourth-order valence-corrected chi connectivity index (χ4v) is 8.14. The summed E-state index contributed by atoms with van der Waals surface area (Å²) in [5, 5.41) is 0. The van der Waals surface area contributed by atoms with Gasteiger partial charge in [-0.05, 0) is 107 Å². The van der Waals surface area contributed by atoms with E-state index >= 15 is 0 Å². The number of hydrogen-bond acceptors (Lipinski definition) is 4. The van der Waals surface area contributed by atoms with Crippen LogP contribution in [-0.2, 0) is 5.41 Å². The molecule has 9 rings (SSSR count). The van der Waals surface area contributed by atoms with Crippen LogP contribution in [0.25, 0.3) is 33.4 Å². The highest BCUT2D eigenvalue weighted by atomic mass is 16.5.